The zero-order valence-corrected chi connectivity index (χ0v) is 28.6. The molecule has 0 rings (SSSR count). The second-order valence-corrected chi connectivity index (χ2v) is 13.0. The molecule has 5 nitrogen and oxygen atoms in total. The van der Waals surface area contributed by atoms with Crippen LogP contribution in [0.3, 0.4) is 0 Å². The third-order valence-electron chi connectivity index (χ3n) is 8.76. The summed E-state index contributed by atoms with van der Waals surface area (Å²) in [6.45, 7) is 6.59. The first-order chi connectivity index (χ1) is 20.5. The first-order valence-corrected chi connectivity index (χ1v) is 18.6. The van der Waals surface area contributed by atoms with Gasteiger partial charge >= 0.3 is 5.97 Å². The van der Waals surface area contributed by atoms with Crippen molar-refractivity contribution in [3.8, 4) is 0 Å². The number of rotatable bonds is 34. The molecule has 0 aliphatic carbocycles. The summed E-state index contributed by atoms with van der Waals surface area (Å²) in [7, 11) is 0. The van der Waals surface area contributed by atoms with Crippen LogP contribution in [0, 0.1) is 0 Å². The predicted molar refractivity (Wildman–Crippen MR) is 179 cm³/mol. The van der Waals surface area contributed by atoms with E-state index in [0.29, 0.717) is 12.8 Å². The summed E-state index contributed by atoms with van der Waals surface area (Å²) in [5, 5.41) is 21.0. The molecule has 0 heterocycles. The second-order valence-electron chi connectivity index (χ2n) is 13.0. The van der Waals surface area contributed by atoms with Crippen molar-refractivity contribution < 1.29 is 24.5 Å². The van der Waals surface area contributed by atoms with Crippen molar-refractivity contribution in [2.45, 2.75) is 212 Å². The average molecular weight is 599 g/mol. The van der Waals surface area contributed by atoms with Gasteiger partial charge in [-0.05, 0) is 12.8 Å². The first-order valence-electron chi connectivity index (χ1n) is 18.6. The highest BCUT2D eigenvalue weighted by molar-refractivity contribution is 5.68. The van der Waals surface area contributed by atoms with Crippen LogP contribution in [-0.4, -0.2) is 47.7 Å². The quantitative estimate of drug-likeness (QED) is 0.0569. The van der Waals surface area contributed by atoms with Gasteiger partial charge in [-0.25, -0.2) is 0 Å². The van der Waals surface area contributed by atoms with Crippen LogP contribution >= 0.6 is 0 Å². The molecule has 0 amide bonds. The minimum Gasteiger partial charge on any atom is -0.463 e. The molecular formula is C37H74O5. The smallest absolute Gasteiger partial charge is 0.305 e. The van der Waals surface area contributed by atoms with Gasteiger partial charge in [-0.1, -0.05) is 175 Å². The van der Waals surface area contributed by atoms with Crippen LogP contribution in [0.25, 0.3) is 0 Å². The Kier molecular flexibility index (Phi) is 31.3. The van der Waals surface area contributed by atoms with Gasteiger partial charge in [-0.2, -0.15) is 0 Å². The SMILES string of the molecule is CCCCCCCCCCCCCCC(O)(CCCCCCCCCCCCCC)CC(COC(=O)CC)OCCO. The van der Waals surface area contributed by atoms with E-state index >= 15 is 0 Å². The molecule has 0 bridgehead atoms. The van der Waals surface area contributed by atoms with Crippen molar-refractivity contribution in [2.75, 3.05) is 19.8 Å². The fraction of sp³-hybridized carbons (Fsp3) is 0.973. The molecule has 2 N–H and O–H groups in total. The average Bonchev–Trinajstić information content (AvgIpc) is 2.99. The maximum absolute atomic E-state index is 11.8. The van der Waals surface area contributed by atoms with Crippen LogP contribution in [0.5, 0.6) is 0 Å². The van der Waals surface area contributed by atoms with Crippen LogP contribution < -0.4 is 0 Å². The lowest BCUT2D eigenvalue weighted by Crippen LogP contribution is -2.37. The second kappa shape index (κ2) is 31.8. The lowest BCUT2D eigenvalue weighted by molar-refractivity contribution is -0.150. The van der Waals surface area contributed by atoms with E-state index in [1.165, 1.54) is 128 Å². The minimum absolute atomic E-state index is 0.0753. The normalized spacial score (nSPS) is 12.6. The van der Waals surface area contributed by atoms with Crippen LogP contribution in [-0.2, 0) is 14.3 Å². The van der Waals surface area contributed by atoms with E-state index in [4.69, 9.17) is 9.47 Å². The van der Waals surface area contributed by atoms with Crippen LogP contribution in [0.1, 0.15) is 201 Å². The Labute approximate surface area is 262 Å². The van der Waals surface area contributed by atoms with Gasteiger partial charge in [0.1, 0.15) is 6.61 Å². The molecule has 5 heteroatoms. The van der Waals surface area contributed by atoms with Crippen molar-refractivity contribution in [1.82, 2.24) is 0 Å². The first kappa shape index (κ1) is 41.4. The number of unbranched alkanes of at least 4 members (excludes halogenated alkanes) is 22. The predicted octanol–water partition coefficient (Wildman–Crippen LogP) is 10.6. The fourth-order valence-corrected chi connectivity index (χ4v) is 6.02. The van der Waals surface area contributed by atoms with E-state index in [1.807, 2.05) is 0 Å². The van der Waals surface area contributed by atoms with Gasteiger partial charge in [0.15, 0.2) is 0 Å². The van der Waals surface area contributed by atoms with Gasteiger partial charge in [-0.15, -0.1) is 0 Å². The minimum atomic E-state index is -0.810. The Morgan fingerprint density at radius 2 is 0.952 bits per heavy atom. The van der Waals surface area contributed by atoms with Gasteiger partial charge in [0.05, 0.1) is 24.9 Å². The summed E-state index contributed by atoms with van der Waals surface area (Å²) in [5.74, 6) is -0.252. The third-order valence-corrected chi connectivity index (χ3v) is 8.76. The number of carbonyl (C=O) groups excluding carboxylic acids is 1. The zero-order chi connectivity index (χ0) is 31.0. The van der Waals surface area contributed by atoms with E-state index in [0.717, 1.165) is 38.5 Å². The summed E-state index contributed by atoms with van der Waals surface area (Å²) in [6, 6.07) is 0. The van der Waals surface area contributed by atoms with E-state index < -0.39 is 5.60 Å². The Morgan fingerprint density at radius 3 is 1.29 bits per heavy atom. The number of aliphatic hydroxyl groups is 2. The van der Waals surface area contributed by atoms with Crippen molar-refractivity contribution in [3.63, 3.8) is 0 Å². The van der Waals surface area contributed by atoms with Crippen LogP contribution in [0.2, 0.25) is 0 Å². The molecule has 0 fully saturated rings. The molecule has 0 aromatic carbocycles. The molecule has 0 spiro atoms. The highest BCUT2D eigenvalue weighted by atomic mass is 16.6. The topological polar surface area (TPSA) is 76.0 Å². The van der Waals surface area contributed by atoms with Crippen molar-refractivity contribution in [2.24, 2.45) is 0 Å². The maximum atomic E-state index is 11.8. The van der Waals surface area contributed by atoms with Crippen molar-refractivity contribution in [3.05, 3.63) is 0 Å². The van der Waals surface area contributed by atoms with E-state index in [-0.39, 0.29) is 31.9 Å². The molecular weight excluding hydrogens is 524 g/mol. The molecule has 0 aliphatic heterocycles. The van der Waals surface area contributed by atoms with Gasteiger partial charge in [0, 0.05) is 12.8 Å². The van der Waals surface area contributed by atoms with E-state index in [9.17, 15) is 15.0 Å². The summed E-state index contributed by atoms with van der Waals surface area (Å²) < 4.78 is 11.2. The van der Waals surface area contributed by atoms with Gasteiger partial charge in [0.25, 0.3) is 0 Å². The fourth-order valence-electron chi connectivity index (χ4n) is 6.02. The molecule has 0 aliphatic rings. The molecule has 0 aromatic rings. The summed E-state index contributed by atoms with van der Waals surface area (Å²) >= 11 is 0. The molecule has 1 unspecified atom stereocenters. The van der Waals surface area contributed by atoms with E-state index in [1.54, 1.807) is 6.92 Å². The molecule has 0 saturated heterocycles. The summed E-state index contributed by atoms with van der Waals surface area (Å²) in [5.41, 5.74) is -0.810. The van der Waals surface area contributed by atoms with Crippen molar-refractivity contribution in [1.29, 1.82) is 0 Å². The molecule has 0 aromatic heterocycles. The lowest BCUT2D eigenvalue weighted by Gasteiger charge is -2.32. The van der Waals surface area contributed by atoms with Gasteiger partial charge in [-0.3, -0.25) is 4.79 Å². The molecule has 0 radical (unpaired) electrons. The number of carbonyl (C=O) groups is 1. The molecule has 1 atom stereocenters. The Morgan fingerprint density at radius 1 is 0.595 bits per heavy atom. The van der Waals surface area contributed by atoms with E-state index in [2.05, 4.69) is 13.8 Å². The Balaban J connectivity index is 4.47. The highest BCUT2D eigenvalue weighted by Gasteiger charge is 2.31. The van der Waals surface area contributed by atoms with Crippen molar-refractivity contribution >= 4 is 5.97 Å². The molecule has 252 valence electrons. The maximum Gasteiger partial charge on any atom is 0.305 e. The van der Waals surface area contributed by atoms with Crippen LogP contribution in [0.15, 0.2) is 0 Å². The number of aliphatic hydroxyl groups excluding tert-OH is 1. The Bertz CT molecular complexity index is 524. The highest BCUT2D eigenvalue weighted by Crippen LogP contribution is 2.29. The van der Waals surface area contributed by atoms with Crippen LogP contribution in [0.4, 0.5) is 0 Å². The summed E-state index contributed by atoms with van der Waals surface area (Å²) in [6.07, 6.45) is 33.2. The zero-order valence-electron chi connectivity index (χ0n) is 28.6. The monoisotopic (exact) mass is 599 g/mol. The molecule has 42 heavy (non-hydrogen) atoms. The standard InChI is InChI=1S/C37H74O5/c1-4-7-9-11-13-15-17-19-21-23-25-27-29-37(40,33-35(41-32-31-38)34-42-36(39)6-3)30-28-26-24-22-20-18-16-14-12-10-8-5-2/h35,38,40H,4-34H2,1-3H3. The summed E-state index contributed by atoms with van der Waals surface area (Å²) in [4.78, 5) is 11.8. The number of hydrogen-bond acceptors (Lipinski definition) is 5. The lowest BCUT2D eigenvalue weighted by atomic mass is 9.85. The number of esters is 1. The molecule has 0 saturated carbocycles. The largest absolute Gasteiger partial charge is 0.463 e. The number of hydrogen-bond donors (Lipinski definition) is 2. The third kappa shape index (κ3) is 28.1. The Hall–Kier alpha value is -0.650. The van der Waals surface area contributed by atoms with Gasteiger partial charge < -0.3 is 19.7 Å². The van der Waals surface area contributed by atoms with Gasteiger partial charge in [0.2, 0.25) is 0 Å². The number of ether oxygens (including phenoxy) is 2.